The minimum atomic E-state index is -2.20. The molecule has 0 spiro atoms. The van der Waals surface area contributed by atoms with Crippen molar-refractivity contribution in [2.45, 2.75) is 254 Å². The van der Waals surface area contributed by atoms with E-state index in [0.717, 1.165) is 33.4 Å². The largest absolute Gasteiger partial charge is 0.508 e. The average molecular weight is 1870 g/mol. The minimum Gasteiger partial charge on any atom is -0.508 e. The third-order valence-corrected chi connectivity index (χ3v) is 20.7. The molecule has 4 rings (SSSR count). The number of hydrogen-bond donors (Lipinski definition) is 30. The lowest BCUT2D eigenvalue weighted by Crippen LogP contribution is -2.63. The number of rotatable bonds is 56. The Labute approximate surface area is 754 Å². The van der Waals surface area contributed by atoms with E-state index in [2.05, 4.69) is 79.1 Å². The van der Waals surface area contributed by atoms with Crippen LogP contribution in [0.2, 0.25) is 0 Å². The highest BCUT2D eigenvalue weighted by Gasteiger charge is 2.41. The van der Waals surface area contributed by atoms with Gasteiger partial charge in [0.05, 0.1) is 44.1 Å². The Hall–Kier alpha value is -13.8. The molecule has 0 unspecified atom stereocenters. The normalized spacial score (nSPS) is 16.6. The molecule has 2 heterocycles. The summed E-state index contributed by atoms with van der Waals surface area (Å²) in [4.78, 5) is 287. The number of aromatic hydroxyl groups is 2. The van der Waals surface area contributed by atoms with Crippen LogP contribution in [0.25, 0.3) is 0 Å². The smallest absolute Gasteiger partial charge is 0.326 e. The molecule has 1 saturated heterocycles. The number of aromatic amines is 2. The SMILES string of the molecule is CC[C@H](C)[C@H](NC(=O)[C@@H]1CCCN1)C(=O)N[C@@H](C)C(=O)N[C@@H](C)C(=O)N[C@@H](CCC(=O)O)C(=O)N[C@H](C(=O)N[C@@H](Cc1ccc(O)cc1)C(=O)N[C@@H](CCC(=O)O)C(=O)N[C@@H](Cc1c[nH]c(=O)[nH]1)C(=O)N[C@H](C(=O)N[C@@H](CCC(=O)O)C(=O)NCC(=O)N[C@@H](CO)C(=O)N[C@H](C(=O)N[C@H](C(=O)N[C@@H](CO)C(=O)N[C@@H](Cc1ccc(O)cc1)C(=O)O)[C@@H](C)O)[C@@H](C)O)[C@@H](C)O)C(C)C. The van der Waals surface area contributed by atoms with Gasteiger partial charge in [0.1, 0.15) is 102 Å². The fourth-order valence-electron chi connectivity index (χ4n) is 12.9. The van der Waals surface area contributed by atoms with Gasteiger partial charge in [0.2, 0.25) is 94.5 Å². The van der Waals surface area contributed by atoms with Gasteiger partial charge in [0, 0.05) is 50.4 Å². The second-order valence-corrected chi connectivity index (χ2v) is 31.9. The maximum atomic E-state index is 14.8. The van der Waals surface area contributed by atoms with Crippen LogP contribution in [-0.2, 0) is 115 Å². The van der Waals surface area contributed by atoms with Gasteiger partial charge in [0.15, 0.2) is 0 Å². The Balaban J connectivity index is 1.53. The Morgan fingerprint density at radius 3 is 1.18 bits per heavy atom. The quantitative estimate of drug-likeness (QED) is 0.0249. The van der Waals surface area contributed by atoms with E-state index in [9.17, 15) is 157 Å². The zero-order valence-electron chi connectivity index (χ0n) is 73.6. The molecule has 1 aliphatic heterocycles. The fourth-order valence-corrected chi connectivity index (χ4v) is 12.9. The standard InChI is InChI=1S/C81H119N19O32/c1-10-36(4)61(97-68(118)47-12-11-27-82-47)76(126)86-37(5)65(115)85-38(6)66(116)89-50(23-26-59(113)114)70(120)96-60(35(2)3)75(125)93-51(28-42-13-17-45(106)18-14-42)71(121)90-49(22-25-58(111)112)69(119)92-52(30-44-31-84-81(132)87-44)72(122)98-62(39(7)103)77(127)91-48(21-24-57(109)110)67(117)83-32-56(108)88-54(33-101)74(124)99-64(41(9)105)79(129)100-63(40(8)104)78(128)95-55(34-102)73(123)94-53(80(130)131)29-43-15-19-46(107)20-16-43/h13-20,31,35-41,47-55,60-64,82,101-107H,10-12,21-30,32-34H2,1-9H3,(H,83,117)(H,85,115)(H,86,126)(H,88,108)(H,89,116)(H,90,121)(H,91,127)(H,92,119)(H,93,125)(H,94,123)(H,95,128)(H,96,120)(H,97,118)(H,98,122)(H,99,124)(H,100,129)(H,109,110)(H,111,112)(H,113,114)(H,130,131)(H2,84,87,132)/t36-,37-,38-,39+,40+,41+,47-,48-,49-,50-,51-,52-,53-,54-,55-,60-,61-,62-,63-,64-/m0/s1. The Bertz CT molecular complexity index is 4600. The number of phenols is 2. The number of hydrogen-bond acceptors (Lipinski definition) is 29. The van der Waals surface area contributed by atoms with Crippen molar-refractivity contribution in [3.63, 3.8) is 0 Å². The number of benzene rings is 2. The summed E-state index contributed by atoms with van der Waals surface area (Å²) < 4.78 is 0. The number of amides is 16. The van der Waals surface area contributed by atoms with Gasteiger partial charge in [-0.3, -0.25) is 91.1 Å². The van der Waals surface area contributed by atoms with Crippen molar-refractivity contribution in [1.29, 1.82) is 0 Å². The summed E-state index contributed by atoms with van der Waals surface area (Å²) in [5.74, 6) is -26.8. The van der Waals surface area contributed by atoms with Gasteiger partial charge in [-0.05, 0) is 120 Å². The van der Waals surface area contributed by atoms with Crippen molar-refractivity contribution >= 4 is 118 Å². The summed E-state index contributed by atoms with van der Waals surface area (Å²) in [5.41, 5.74) is -0.466. The van der Waals surface area contributed by atoms with E-state index in [1.54, 1.807) is 13.8 Å². The first-order chi connectivity index (χ1) is 62.0. The molecular weight excluding hydrogens is 1750 g/mol. The number of aliphatic carboxylic acids is 4. The van der Waals surface area contributed by atoms with Crippen LogP contribution in [0.1, 0.15) is 137 Å². The molecule has 1 aromatic heterocycles. The zero-order valence-corrected chi connectivity index (χ0v) is 73.6. The van der Waals surface area contributed by atoms with Crippen LogP contribution in [0.15, 0.2) is 59.5 Å². The molecule has 16 amide bonds. The molecular formula is C81H119N19O32. The van der Waals surface area contributed by atoms with Gasteiger partial charge in [-0.25, -0.2) is 9.59 Å². The molecule has 51 nitrogen and oxygen atoms in total. The third kappa shape index (κ3) is 37.0. The van der Waals surface area contributed by atoms with Gasteiger partial charge in [-0.1, -0.05) is 58.4 Å². The Kier molecular flexibility index (Phi) is 45.2. The van der Waals surface area contributed by atoms with Gasteiger partial charge < -0.3 is 157 Å². The van der Waals surface area contributed by atoms with E-state index in [1.807, 2.05) is 21.3 Å². The molecule has 0 bridgehead atoms. The lowest BCUT2D eigenvalue weighted by atomic mass is 9.97. The first-order valence-electron chi connectivity index (χ1n) is 42.0. The van der Waals surface area contributed by atoms with E-state index < -0.39 is 316 Å². The first kappa shape index (κ1) is 111. The predicted octanol–water partition coefficient (Wildman–Crippen LogP) is -10.2. The zero-order chi connectivity index (χ0) is 99.2. The van der Waals surface area contributed by atoms with E-state index in [1.165, 1.54) is 76.2 Å². The summed E-state index contributed by atoms with van der Waals surface area (Å²) in [6, 6.07) is -17.4. The van der Waals surface area contributed by atoms with Crippen LogP contribution in [0.4, 0.5) is 0 Å². The molecule has 2 aromatic carbocycles. The van der Waals surface area contributed by atoms with E-state index in [0.29, 0.717) is 24.9 Å². The summed E-state index contributed by atoms with van der Waals surface area (Å²) in [6.07, 6.45) is -9.30. The van der Waals surface area contributed by atoms with Crippen molar-refractivity contribution in [3.05, 3.63) is 82.0 Å². The number of carbonyl (C=O) groups is 20. The average Bonchev–Trinajstić information content (AvgIpc) is 0.987. The first-order valence-corrected chi connectivity index (χ1v) is 42.0. The minimum absolute atomic E-state index is 0.146. The Morgan fingerprint density at radius 2 is 0.742 bits per heavy atom. The van der Waals surface area contributed by atoms with Gasteiger partial charge in [-0.2, -0.15) is 0 Å². The molecule has 3 aromatic rings. The van der Waals surface area contributed by atoms with E-state index in [4.69, 9.17) is 0 Å². The molecule has 730 valence electrons. The van der Waals surface area contributed by atoms with Crippen molar-refractivity contribution < 1.29 is 152 Å². The van der Waals surface area contributed by atoms with Crippen molar-refractivity contribution in [2.75, 3.05) is 26.3 Å². The van der Waals surface area contributed by atoms with Crippen molar-refractivity contribution in [3.8, 4) is 11.5 Å². The summed E-state index contributed by atoms with van der Waals surface area (Å²) >= 11 is 0. The number of carbonyl (C=O) groups excluding carboxylic acids is 16. The number of aromatic nitrogens is 2. The summed E-state index contributed by atoms with van der Waals surface area (Å²) in [5, 5.41) is 150. The molecule has 132 heavy (non-hydrogen) atoms. The Morgan fingerprint density at radius 1 is 0.394 bits per heavy atom. The van der Waals surface area contributed by atoms with Gasteiger partial charge >= 0.3 is 29.6 Å². The lowest BCUT2D eigenvalue weighted by Gasteiger charge is -2.29. The topological polar surface area (TPSA) is 817 Å². The molecule has 1 fully saturated rings. The molecule has 0 saturated carbocycles. The number of aliphatic hydroxyl groups excluding tert-OH is 5. The maximum Gasteiger partial charge on any atom is 0.326 e. The van der Waals surface area contributed by atoms with Crippen molar-refractivity contribution in [1.82, 2.24) is 100 Å². The van der Waals surface area contributed by atoms with Crippen LogP contribution < -0.4 is 96.1 Å². The highest BCUT2D eigenvalue weighted by Crippen LogP contribution is 2.18. The fraction of sp³-hybridized carbons (Fsp3) is 0.568. The van der Waals surface area contributed by atoms with Crippen LogP contribution in [0.3, 0.4) is 0 Å². The summed E-state index contributed by atoms with van der Waals surface area (Å²) in [6.45, 7) is 8.75. The van der Waals surface area contributed by atoms with E-state index in [-0.39, 0.29) is 35.1 Å². The number of imidazole rings is 1. The van der Waals surface area contributed by atoms with Gasteiger partial charge in [0.25, 0.3) is 0 Å². The lowest BCUT2D eigenvalue weighted by molar-refractivity contribution is -0.143. The predicted molar refractivity (Wildman–Crippen MR) is 455 cm³/mol. The van der Waals surface area contributed by atoms with Crippen LogP contribution in [0, 0.1) is 11.8 Å². The summed E-state index contributed by atoms with van der Waals surface area (Å²) in [7, 11) is 0. The number of H-pyrrole nitrogens is 2. The number of nitrogens with one attached hydrogen (secondary N) is 19. The second-order valence-electron chi connectivity index (χ2n) is 31.9. The molecule has 1 aliphatic rings. The number of aliphatic hydroxyl groups is 5. The molecule has 0 aliphatic carbocycles. The van der Waals surface area contributed by atoms with Crippen molar-refractivity contribution in [2.24, 2.45) is 11.8 Å². The van der Waals surface area contributed by atoms with Gasteiger partial charge in [-0.15, -0.1) is 0 Å². The van der Waals surface area contributed by atoms with Crippen LogP contribution in [-0.4, -0.2) is 326 Å². The highest BCUT2D eigenvalue weighted by atomic mass is 16.4. The van der Waals surface area contributed by atoms with Crippen LogP contribution >= 0.6 is 0 Å². The molecule has 51 heteroatoms. The van der Waals surface area contributed by atoms with Crippen LogP contribution in [0.5, 0.6) is 11.5 Å². The second kappa shape index (κ2) is 54.0. The number of carboxylic acids is 4. The number of phenolic OH excluding ortho intramolecular Hbond substituents is 2. The highest BCUT2D eigenvalue weighted by molar-refractivity contribution is 6.01. The molecule has 20 atom stereocenters. The molecule has 0 radical (unpaired) electrons. The maximum absolute atomic E-state index is 14.8. The third-order valence-electron chi connectivity index (χ3n) is 20.7. The monoisotopic (exact) mass is 1870 g/mol. The molecule has 30 N–H and O–H groups in total. The van der Waals surface area contributed by atoms with E-state index >= 15 is 0 Å². The number of carboxylic acid groups (broad SMARTS) is 4.